The molecule has 0 amide bonds. The quantitative estimate of drug-likeness (QED) is 0.685. The molecule has 16 heavy (non-hydrogen) atoms. The Bertz CT molecular complexity index is 252. The van der Waals surface area contributed by atoms with E-state index in [1.807, 2.05) is 6.92 Å². The van der Waals surface area contributed by atoms with E-state index in [1.165, 1.54) is 0 Å². The third-order valence-corrected chi connectivity index (χ3v) is 3.33. The highest BCUT2D eigenvalue weighted by molar-refractivity contribution is 5.88. The summed E-state index contributed by atoms with van der Waals surface area (Å²) in [4.78, 5) is 11.3. The maximum Gasteiger partial charge on any atom is 0.364 e. The largest absolute Gasteiger partial charge is 0.364 e. The lowest BCUT2D eigenvalue weighted by molar-refractivity contribution is -0.172. The standard InChI is InChI=1S/C11H16F4O/c1-2-7-4-3-5-8(6-7)9(16)11(14,15)10(12)13/h7-8,10H,2-6H2,1H3. The average molecular weight is 240 g/mol. The van der Waals surface area contributed by atoms with Gasteiger partial charge in [0.1, 0.15) is 0 Å². The minimum Gasteiger partial charge on any atom is -0.292 e. The second-order valence-electron chi connectivity index (χ2n) is 4.43. The first-order chi connectivity index (χ1) is 7.39. The zero-order valence-corrected chi connectivity index (χ0v) is 9.19. The van der Waals surface area contributed by atoms with Crippen LogP contribution in [-0.4, -0.2) is 18.1 Å². The molecule has 0 N–H and O–H groups in total. The van der Waals surface area contributed by atoms with E-state index in [1.54, 1.807) is 0 Å². The number of alkyl halides is 4. The molecule has 0 bridgehead atoms. The van der Waals surface area contributed by atoms with Crippen molar-refractivity contribution in [3.8, 4) is 0 Å². The van der Waals surface area contributed by atoms with E-state index in [2.05, 4.69) is 0 Å². The number of Topliss-reactive ketones (excluding diaryl/α,β-unsaturated/α-hetero) is 1. The SMILES string of the molecule is CCC1CCCC(C(=O)C(F)(F)C(F)F)C1. The van der Waals surface area contributed by atoms with E-state index in [-0.39, 0.29) is 5.92 Å². The molecule has 0 spiro atoms. The molecule has 1 nitrogen and oxygen atoms in total. The van der Waals surface area contributed by atoms with Gasteiger partial charge in [-0.15, -0.1) is 0 Å². The first-order valence-electron chi connectivity index (χ1n) is 5.59. The highest BCUT2D eigenvalue weighted by Gasteiger charge is 2.51. The summed E-state index contributed by atoms with van der Waals surface area (Å²) in [6.07, 6.45) is -0.851. The van der Waals surface area contributed by atoms with Crippen LogP contribution in [-0.2, 0) is 4.79 Å². The molecule has 0 aliphatic heterocycles. The van der Waals surface area contributed by atoms with Crippen LogP contribution in [0.15, 0.2) is 0 Å². The van der Waals surface area contributed by atoms with Crippen molar-refractivity contribution >= 4 is 5.78 Å². The van der Waals surface area contributed by atoms with E-state index in [9.17, 15) is 22.4 Å². The highest BCUT2D eigenvalue weighted by Crippen LogP contribution is 2.36. The Morgan fingerprint density at radius 2 is 2.00 bits per heavy atom. The summed E-state index contributed by atoms with van der Waals surface area (Å²) in [5.41, 5.74) is 0. The zero-order chi connectivity index (χ0) is 12.3. The zero-order valence-electron chi connectivity index (χ0n) is 9.19. The fraction of sp³-hybridized carbons (Fsp3) is 0.909. The Labute approximate surface area is 92.2 Å². The number of hydrogen-bond donors (Lipinski definition) is 0. The molecule has 1 rings (SSSR count). The van der Waals surface area contributed by atoms with Crippen LogP contribution in [0.3, 0.4) is 0 Å². The van der Waals surface area contributed by atoms with Crippen LogP contribution in [0.4, 0.5) is 17.6 Å². The van der Waals surface area contributed by atoms with Gasteiger partial charge >= 0.3 is 12.3 Å². The number of ketones is 1. The summed E-state index contributed by atoms with van der Waals surface area (Å²) >= 11 is 0. The predicted molar refractivity (Wildman–Crippen MR) is 51.7 cm³/mol. The first kappa shape index (κ1) is 13.5. The smallest absolute Gasteiger partial charge is 0.292 e. The van der Waals surface area contributed by atoms with Crippen molar-refractivity contribution < 1.29 is 22.4 Å². The van der Waals surface area contributed by atoms with Crippen LogP contribution in [0.2, 0.25) is 0 Å². The number of hydrogen-bond acceptors (Lipinski definition) is 1. The van der Waals surface area contributed by atoms with Gasteiger partial charge in [0, 0.05) is 5.92 Å². The molecule has 1 aliphatic rings. The molecule has 1 fully saturated rings. The van der Waals surface area contributed by atoms with E-state index < -0.39 is 24.0 Å². The fourth-order valence-electron chi connectivity index (χ4n) is 2.28. The molecule has 94 valence electrons. The van der Waals surface area contributed by atoms with Crippen molar-refractivity contribution in [3.63, 3.8) is 0 Å². The Kier molecular flexibility index (Phi) is 4.33. The van der Waals surface area contributed by atoms with Crippen molar-refractivity contribution in [2.45, 2.75) is 51.4 Å². The summed E-state index contributed by atoms with van der Waals surface area (Å²) in [5.74, 6) is -6.71. The molecular weight excluding hydrogens is 224 g/mol. The fourth-order valence-corrected chi connectivity index (χ4v) is 2.28. The number of rotatable bonds is 4. The highest BCUT2D eigenvalue weighted by atomic mass is 19.3. The van der Waals surface area contributed by atoms with E-state index >= 15 is 0 Å². The van der Waals surface area contributed by atoms with Gasteiger partial charge in [-0.05, 0) is 18.8 Å². The van der Waals surface area contributed by atoms with Gasteiger partial charge in [-0.2, -0.15) is 8.78 Å². The van der Waals surface area contributed by atoms with Crippen LogP contribution in [0, 0.1) is 11.8 Å². The third kappa shape index (κ3) is 2.74. The predicted octanol–water partition coefficient (Wildman–Crippen LogP) is 3.67. The van der Waals surface area contributed by atoms with E-state index in [0.29, 0.717) is 19.3 Å². The second kappa shape index (κ2) is 5.15. The van der Waals surface area contributed by atoms with Crippen molar-refractivity contribution in [2.75, 3.05) is 0 Å². The van der Waals surface area contributed by atoms with Crippen LogP contribution in [0.1, 0.15) is 39.0 Å². The third-order valence-electron chi connectivity index (χ3n) is 3.33. The molecule has 0 saturated heterocycles. The van der Waals surface area contributed by atoms with E-state index in [4.69, 9.17) is 0 Å². The van der Waals surface area contributed by atoms with Crippen molar-refractivity contribution in [1.82, 2.24) is 0 Å². The summed E-state index contributed by atoms with van der Waals surface area (Å²) in [6, 6.07) is 0. The number of carbonyl (C=O) groups excluding carboxylic acids is 1. The van der Waals surface area contributed by atoms with Crippen LogP contribution < -0.4 is 0 Å². The lowest BCUT2D eigenvalue weighted by atomic mass is 9.77. The van der Waals surface area contributed by atoms with Gasteiger partial charge in [0.15, 0.2) is 0 Å². The average Bonchev–Trinajstić information content (AvgIpc) is 2.27. The molecule has 0 aromatic carbocycles. The summed E-state index contributed by atoms with van der Waals surface area (Å²) in [7, 11) is 0. The Balaban J connectivity index is 2.66. The van der Waals surface area contributed by atoms with Crippen LogP contribution in [0.5, 0.6) is 0 Å². The van der Waals surface area contributed by atoms with Crippen LogP contribution in [0.25, 0.3) is 0 Å². The molecule has 1 aliphatic carbocycles. The lowest BCUT2D eigenvalue weighted by Crippen LogP contribution is -2.42. The molecule has 0 aromatic heterocycles. The number of halogens is 4. The molecule has 0 radical (unpaired) electrons. The molecule has 0 aromatic rings. The van der Waals surface area contributed by atoms with Gasteiger partial charge in [-0.25, -0.2) is 8.78 Å². The van der Waals surface area contributed by atoms with Crippen LogP contribution >= 0.6 is 0 Å². The van der Waals surface area contributed by atoms with Gasteiger partial charge < -0.3 is 0 Å². The normalized spacial score (nSPS) is 27.1. The van der Waals surface area contributed by atoms with Crippen molar-refractivity contribution in [1.29, 1.82) is 0 Å². The van der Waals surface area contributed by atoms with Gasteiger partial charge in [0.25, 0.3) is 0 Å². The monoisotopic (exact) mass is 240 g/mol. The van der Waals surface area contributed by atoms with Crippen molar-refractivity contribution in [3.05, 3.63) is 0 Å². The van der Waals surface area contributed by atoms with Gasteiger partial charge in [-0.1, -0.05) is 26.2 Å². The maximum atomic E-state index is 12.9. The topological polar surface area (TPSA) is 17.1 Å². The van der Waals surface area contributed by atoms with Gasteiger partial charge in [0.05, 0.1) is 0 Å². The molecule has 2 atom stereocenters. The summed E-state index contributed by atoms with van der Waals surface area (Å²) in [6.45, 7) is 1.92. The lowest BCUT2D eigenvalue weighted by Gasteiger charge is -2.29. The molecular formula is C11H16F4O. The Morgan fingerprint density at radius 3 is 2.50 bits per heavy atom. The first-order valence-corrected chi connectivity index (χ1v) is 5.59. The minimum atomic E-state index is -4.47. The molecule has 0 heterocycles. The molecule has 1 saturated carbocycles. The second-order valence-corrected chi connectivity index (χ2v) is 4.43. The van der Waals surface area contributed by atoms with Crippen molar-refractivity contribution in [2.24, 2.45) is 11.8 Å². The summed E-state index contributed by atoms with van der Waals surface area (Å²) < 4.78 is 49.8. The molecule has 2 unspecified atom stereocenters. The molecule has 5 heteroatoms. The minimum absolute atomic E-state index is 0.219. The Morgan fingerprint density at radius 1 is 1.38 bits per heavy atom. The summed E-state index contributed by atoms with van der Waals surface area (Å²) in [5, 5.41) is 0. The Hall–Kier alpha value is -0.610. The van der Waals surface area contributed by atoms with Gasteiger partial charge in [0.2, 0.25) is 5.78 Å². The maximum absolute atomic E-state index is 12.9. The van der Waals surface area contributed by atoms with E-state index in [0.717, 1.165) is 12.8 Å². The number of carbonyl (C=O) groups is 1. The van der Waals surface area contributed by atoms with Gasteiger partial charge in [-0.3, -0.25) is 4.79 Å².